The molecule has 1 unspecified atom stereocenters. The molecule has 1 aliphatic heterocycles. The first-order valence-corrected chi connectivity index (χ1v) is 15.1. The average Bonchev–Trinajstić information content (AvgIpc) is 3.60. The summed E-state index contributed by atoms with van der Waals surface area (Å²) >= 11 is 2.78. The van der Waals surface area contributed by atoms with Crippen molar-refractivity contribution in [3.8, 4) is 11.5 Å². The van der Waals surface area contributed by atoms with Gasteiger partial charge >= 0.3 is 5.97 Å². The Kier molecular flexibility index (Phi) is 10.3. The van der Waals surface area contributed by atoms with Gasteiger partial charge in [-0.15, -0.1) is 11.3 Å². The van der Waals surface area contributed by atoms with Crippen LogP contribution in [0.5, 0.6) is 11.5 Å². The standard InChI is InChI=1S/C30H28N2O5S2.C2H4O2/c1-18(2)37-29(34)26-19(3)31-30-32(27(26)24-11-8-14-38-24)28(33)25(39-30)16-21-12-13-22(23(15-21)35-4)36-17-20-9-6-5-7-10-20;1-2(3)4/h5-16,18,27H,17H2,1-4H3;1H3,(H,3,4)/b25-16+;. The van der Waals surface area contributed by atoms with Crippen LogP contribution in [0.1, 0.15) is 49.7 Å². The molecular formula is C32H32N2O7S2. The SMILES string of the molecule is CC(=O)O.COc1cc(/C=c2/sc3n(c2=O)C(c2cccs2)C(C(=O)OC(C)C)=C(C)N=3)ccc1OCc1ccccc1. The number of ether oxygens (including phenoxy) is 3. The first-order valence-electron chi connectivity index (χ1n) is 13.4. The van der Waals surface area contributed by atoms with E-state index >= 15 is 0 Å². The Labute approximate surface area is 256 Å². The number of hydrogen-bond donors (Lipinski definition) is 1. The van der Waals surface area contributed by atoms with Crippen LogP contribution >= 0.6 is 22.7 Å². The van der Waals surface area contributed by atoms with Crippen molar-refractivity contribution in [3.05, 3.63) is 113 Å². The van der Waals surface area contributed by atoms with E-state index in [2.05, 4.69) is 4.99 Å². The number of benzene rings is 2. The lowest BCUT2D eigenvalue weighted by Gasteiger charge is -2.24. The number of nitrogens with zero attached hydrogens (tertiary/aromatic N) is 2. The summed E-state index contributed by atoms with van der Waals surface area (Å²) in [4.78, 5) is 41.9. The first-order chi connectivity index (χ1) is 20.6. The van der Waals surface area contributed by atoms with Crippen molar-refractivity contribution in [2.75, 3.05) is 7.11 Å². The first kappa shape index (κ1) is 31.5. The molecule has 1 N–H and O–H groups in total. The Morgan fingerprint density at radius 3 is 2.44 bits per heavy atom. The van der Waals surface area contributed by atoms with Gasteiger partial charge in [-0.1, -0.05) is 53.8 Å². The van der Waals surface area contributed by atoms with E-state index < -0.39 is 18.0 Å². The second-order valence-corrected chi connectivity index (χ2v) is 11.7. The minimum Gasteiger partial charge on any atom is -0.493 e. The predicted octanol–water partition coefficient (Wildman–Crippen LogP) is 4.93. The normalized spacial score (nSPS) is 14.4. The fourth-order valence-electron chi connectivity index (χ4n) is 4.36. The van der Waals surface area contributed by atoms with Crippen LogP contribution in [0.3, 0.4) is 0 Å². The third kappa shape index (κ3) is 7.68. The van der Waals surface area contributed by atoms with Crippen molar-refractivity contribution in [3.63, 3.8) is 0 Å². The number of rotatable bonds is 8. The second kappa shape index (κ2) is 14.1. The molecule has 0 radical (unpaired) electrons. The Morgan fingerprint density at radius 2 is 1.81 bits per heavy atom. The molecule has 0 saturated carbocycles. The molecule has 0 bridgehead atoms. The van der Waals surface area contributed by atoms with E-state index in [9.17, 15) is 9.59 Å². The highest BCUT2D eigenvalue weighted by molar-refractivity contribution is 7.10. The molecule has 11 heteroatoms. The van der Waals surface area contributed by atoms with E-state index in [1.807, 2.05) is 72.1 Å². The van der Waals surface area contributed by atoms with Crippen molar-refractivity contribution < 1.29 is 28.9 Å². The fourth-order valence-corrected chi connectivity index (χ4v) is 6.23. The second-order valence-electron chi connectivity index (χ2n) is 9.75. The van der Waals surface area contributed by atoms with Crippen molar-refractivity contribution in [2.24, 2.45) is 4.99 Å². The molecular weight excluding hydrogens is 588 g/mol. The third-order valence-electron chi connectivity index (χ3n) is 6.12. The van der Waals surface area contributed by atoms with Crippen LogP contribution in [0.4, 0.5) is 0 Å². The van der Waals surface area contributed by atoms with Crippen molar-refractivity contribution in [1.29, 1.82) is 0 Å². The van der Waals surface area contributed by atoms with Crippen LogP contribution < -0.4 is 24.4 Å². The van der Waals surface area contributed by atoms with Crippen molar-refractivity contribution >= 4 is 40.7 Å². The van der Waals surface area contributed by atoms with Gasteiger partial charge < -0.3 is 19.3 Å². The lowest BCUT2D eigenvalue weighted by atomic mass is 10.0. The molecule has 2 aromatic carbocycles. The molecule has 0 amide bonds. The maximum atomic E-state index is 13.8. The zero-order chi connectivity index (χ0) is 31.1. The van der Waals surface area contributed by atoms with Gasteiger partial charge in [0, 0.05) is 11.8 Å². The lowest BCUT2D eigenvalue weighted by molar-refractivity contribution is -0.143. The molecule has 224 valence electrons. The van der Waals surface area contributed by atoms with Crippen LogP contribution in [0.25, 0.3) is 6.08 Å². The smallest absolute Gasteiger partial charge is 0.338 e. The van der Waals surface area contributed by atoms with E-state index in [0.717, 1.165) is 22.9 Å². The number of allylic oxidation sites excluding steroid dienone is 1. The summed E-state index contributed by atoms with van der Waals surface area (Å²) in [6.07, 6.45) is 1.52. The number of aliphatic carboxylic acids is 1. The van der Waals surface area contributed by atoms with Crippen molar-refractivity contribution in [1.82, 2.24) is 4.57 Å². The number of methoxy groups -OCH3 is 1. The molecule has 1 aliphatic rings. The largest absolute Gasteiger partial charge is 0.493 e. The molecule has 0 fully saturated rings. The molecule has 4 aromatic rings. The molecule has 0 spiro atoms. The maximum absolute atomic E-state index is 13.8. The summed E-state index contributed by atoms with van der Waals surface area (Å²) in [6.45, 7) is 6.89. The van der Waals surface area contributed by atoms with Gasteiger partial charge in [0.2, 0.25) is 0 Å². The number of carbonyl (C=O) groups is 2. The van der Waals surface area contributed by atoms with Crippen LogP contribution in [0.2, 0.25) is 0 Å². The minimum absolute atomic E-state index is 0.220. The number of carboxylic acids is 1. The molecule has 3 heterocycles. The van der Waals surface area contributed by atoms with Gasteiger partial charge in [0.25, 0.3) is 11.5 Å². The van der Waals surface area contributed by atoms with E-state index in [1.165, 1.54) is 22.7 Å². The van der Waals surface area contributed by atoms with Gasteiger partial charge in [0.1, 0.15) is 12.6 Å². The van der Waals surface area contributed by atoms with E-state index in [-0.39, 0.29) is 11.7 Å². The number of carboxylic acid groups (broad SMARTS) is 1. The summed E-state index contributed by atoms with van der Waals surface area (Å²) in [5.74, 6) is -0.116. The quantitative estimate of drug-likeness (QED) is 0.278. The summed E-state index contributed by atoms with van der Waals surface area (Å²) < 4.78 is 19.2. The van der Waals surface area contributed by atoms with Gasteiger partial charge in [-0.2, -0.15) is 0 Å². The molecule has 0 saturated heterocycles. The summed E-state index contributed by atoms with van der Waals surface area (Å²) in [5, 5.41) is 9.35. The predicted molar refractivity (Wildman–Crippen MR) is 166 cm³/mol. The maximum Gasteiger partial charge on any atom is 0.338 e. The van der Waals surface area contributed by atoms with Crippen LogP contribution in [0.15, 0.2) is 87.1 Å². The minimum atomic E-state index is -0.833. The summed E-state index contributed by atoms with van der Waals surface area (Å²) in [5.41, 5.74) is 2.55. The van der Waals surface area contributed by atoms with Crippen LogP contribution in [-0.2, 0) is 20.9 Å². The monoisotopic (exact) mass is 620 g/mol. The Hall–Kier alpha value is -4.48. The fraction of sp³-hybridized carbons (Fsp3) is 0.250. The van der Waals surface area contributed by atoms with Crippen molar-refractivity contribution in [2.45, 2.75) is 46.4 Å². The van der Waals surface area contributed by atoms with Crippen LogP contribution in [0, 0.1) is 0 Å². The van der Waals surface area contributed by atoms with Gasteiger partial charge in [0.15, 0.2) is 16.3 Å². The van der Waals surface area contributed by atoms with Crippen LogP contribution in [-0.4, -0.2) is 34.8 Å². The molecule has 2 aromatic heterocycles. The number of esters is 1. The number of fused-ring (bicyclic) bond motifs is 1. The lowest BCUT2D eigenvalue weighted by Crippen LogP contribution is -2.39. The Morgan fingerprint density at radius 1 is 1.09 bits per heavy atom. The van der Waals surface area contributed by atoms with E-state index in [0.29, 0.717) is 38.7 Å². The molecule has 9 nitrogen and oxygen atoms in total. The number of carbonyl (C=O) groups excluding carboxylic acids is 1. The highest BCUT2D eigenvalue weighted by Gasteiger charge is 2.34. The number of thiazole rings is 1. The molecule has 1 atom stereocenters. The number of thiophene rings is 1. The van der Waals surface area contributed by atoms with E-state index in [4.69, 9.17) is 24.1 Å². The van der Waals surface area contributed by atoms with Gasteiger partial charge in [0.05, 0.1) is 29.0 Å². The summed E-state index contributed by atoms with van der Waals surface area (Å²) in [7, 11) is 1.59. The number of aromatic nitrogens is 1. The van der Waals surface area contributed by atoms with Gasteiger partial charge in [-0.05, 0) is 61.6 Å². The van der Waals surface area contributed by atoms with Gasteiger partial charge in [-0.25, -0.2) is 9.79 Å². The molecule has 5 rings (SSSR count). The molecule has 0 aliphatic carbocycles. The van der Waals surface area contributed by atoms with Gasteiger partial charge in [-0.3, -0.25) is 14.2 Å². The number of hydrogen-bond acceptors (Lipinski definition) is 9. The molecule has 43 heavy (non-hydrogen) atoms. The summed E-state index contributed by atoms with van der Waals surface area (Å²) in [6, 6.07) is 18.7. The van der Waals surface area contributed by atoms with E-state index in [1.54, 1.807) is 32.4 Å². The average molecular weight is 621 g/mol. The zero-order valence-electron chi connectivity index (χ0n) is 24.4. The third-order valence-corrected chi connectivity index (χ3v) is 8.03. The highest BCUT2D eigenvalue weighted by atomic mass is 32.1. The Balaban J connectivity index is 0.000000996. The Bertz CT molecular complexity index is 1800. The zero-order valence-corrected chi connectivity index (χ0v) is 26.0. The highest BCUT2D eigenvalue weighted by Crippen LogP contribution is 2.33. The topological polar surface area (TPSA) is 116 Å².